The summed E-state index contributed by atoms with van der Waals surface area (Å²) >= 11 is 0. The lowest BCUT2D eigenvalue weighted by atomic mass is 9.95. The third kappa shape index (κ3) is 5.63. The Kier molecular flexibility index (Phi) is 8.28. The zero-order valence-electron chi connectivity index (χ0n) is 20.0. The summed E-state index contributed by atoms with van der Waals surface area (Å²) in [7, 11) is 0. The maximum absolute atomic E-state index is 13.1. The Labute approximate surface area is 196 Å². The summed E-state index contributed by atoms with van der Waals surface area (Å²) in [6.07, 6.45) is 0. The van der Waals surface area contributed by atoms with E-state index in [0.29, 0.717) is 36.9 Å². The number of aliphatic hydroxyl groups is 1. The third-order valence-corrected chi connectivity index (χ3v) is 5.92. The number of nitrogens with zero attached hydrogens (tertiary/aromatic N) is 2. The molecular formula is C27H34N2O4. The summed E-state index contributed by atoms with van der Waals surface area (Å²) in [4.78, 5) is 29.9. The molecule has 0 aliphatic carbocycles. The molecule has 6 heteroatoms. The van der Waals surface area contributed by atoms with Gasteiger partial charge in [-0.25, -0.2) is 0 Å². The topological polar surface area (TPSA) is 70.1 Å². The van der Waals surface area contributed by atoms with E-state index in [-0.39, 0.29) is 11.3 Å². The van der Waals surface area contributed by atoms with Gasteiger partial charge in [0.1, 0.15) is 11.5 Å². The van der Waals surface area contributed by atoms with E-state index in [4.69, 9.17) is 4.74 Å². The zero-order valence-corrected chi connectivity index (χ0v) is 20.0. The molecule has 0 spiro atoms. The highest BCUT2D eigenvalue weighted by Crippen LogP contribution is 2.39. The first kappa shape index (κ1) is 24.5. The quantitative estimate of drug-likeness (QED) is 0.328. The van der Waals surface area contributed by atoms with E-state index in [1.165, 1.54) is 0 Å². The minimum Gasteiger partial charge on any atom is -0.507 e. The van der Waals surface area contributed by atoms with E-state index >= 15 is 0 Å². The standard InChI is InChI=1S/C27H34N2O4/c1-5-28(6-2)16-17-29-24(20-10-8-7-9-11-20)23(26(31)27(29)32)25(30)21-12-14-22(15-13-21)33-18-19(3)4/h7-15,19,24,30H,5-6,16-18H2,1-4H3/b25-23+/t24-/m1/s1. The summed E-state index contributed by atoms with van der Waals surface area (Å²) in [6.45, 7) is 11.7. The van der Waals surface area contributed by atoms with E-state index in [9.17, 15) is 14.7 Å². The highest BCUT2D eigenvalue weighted by atomic mass is 16.5. The van der Waals surface area contributed by atoms with Gasteiger partial charge in [-0.2, -0.15) is 0 Å². The highest BCUT2D eigenvalue weighted by Gasteiger charge is 2.45. The van der Waals surface area contributed by atoms with Crippen molar-refractivity contribution in [3.63, 3.8) is 0 Å². The molecule has 176 valence electrons. The van der Waals surface area contributed by atoms with Crippen LogP contribution in [0.4, 0.5) is 0 Å². The summed E-state index contributed by atoms with van der Waals surface area (Å²) in [5.74, 6) is -0.297. The highest BCUT2D eigenvalue weighted by molar-refractivity contribution is 6.46. The van der Waals surface area contributed by atoms with Crippen molar-refractivity contribution in [3.05, 3.63) is 71.3 Å². The van der Waals surface area contributed by atoms with Gasteiger partial charge >= 0.3 is 0 Å². The monoisotopic (exact) mass is 450 g/mol. The molecule has 0 saturated carbocycles. The number of hydrogen-bond acceptors (Lipinski definition) is 5. The number of hydrogen-bond donors (Lipinski definition) is 1. The summed E-state index contributed by atoms with van der Waals surface area (Å²) < 4.78 is 5.72. The van der Waals surface area contributed by atoms with Crippen molar-refractivity contribution in [1.29, 1.82) is 0 Å². The van der Waals surface area contributed by atoms with Gasteiger partial charge in [-0.1, -0.05) is 58.0 Å². The Morgan fingerprint density at radius 1 is 1.03 bits per heavy atom. The van der Waals surface area contributed by atoms with Crippen LogP contribution in [-0.4, -0.2) is 59.4 Å². The van der Waals surface area contributed by atoms with Crippen LogP contribution in [-0.2, 0) is 9.59 Å². The van der Waals surface area contributed by atoms with Crippen LogP contribution in [0.3, 0.4) is 0 Å². The van der Waals surface area contributed by atoms with Gasteiger partial charge < -0.3 is 19.6 Å². The molecule has 1 fully saturated rings. The molecule has 1 amide bonds. The zero-order chi connectivity index (χ0) is 24.0. The fourth-order valence-corrected chi connectivity index (χ4v) is 4.01. The van der Waals surface area contributed by atoms with Crippen molar-refractivity contribution in [2.45, 2.75) is 33.7 Å². The smallest absolute Gasteiger partial charge is 0.295 e. The van der Waals surface area contributed by atoms with Crippen LogP contribution in [0, 0.1) is 5.92 Å². The average Bonchev–Trinajstić information content (AvgIpc) is 3.08. The van der Waals surface area contributed by atoms with Crippen LogP contribution < -0.4 is 4.74 Å². The van der Waals surface area contributed by atoms with Gasteiger partial charge in [-0.15, -0.1) is 0 Å². The van der Waals surface area contributed by atoms with Crippen molar-refractivity contribution < 1.29 is 19.4 Å². The van der Waals surface area contributed by atoms with Crippen LogP contribution in [0.5, 0.6) is 5.75 Å². The van der Waals surface area contributed by atoms with E-state index in [1.54, 1.807) is 29.2 Å². The fraction of sp³-hybridized carbons (Fsp3) is 0.407. The van der Waals surface area contributed by atoms with Crippen molar-refractivity contribution in [3.8, 4) is 5.75 Å². The summed E-state index contributed by atoms with van der Waals surface area (Å²) in [5, 5.41) is 11.2. The van der Waals surface area contributed by atoms with Crippen LogP contribution in [0.2, 0.25) is 0 Å². The average molecular weight is 451 g/mol. The van der Waals surface area contributed by atoms with Crippen LogP contribution in [0.15, 0.2) is 60.2 Å². The number of likely N-dealkylation sites (tertiary alicyclic amines) is 1. The van der Waals surface area contributed by atoms with Crippen LogP contribution in [0.25, 0.3) is 5.76 Å². The van der Waals surface area contributed by atoms with Crippen molar-refractivity contribution in [1.82, 2.24) is 9.80 Å². The number of carbonyl (C=O) groups is 2. The van der Waals surface area contributed by atoms with Gasteiger partial charge in [0.15, 0.2) is 0 Å². The second-order valence-electron chi connectivity index (χ2n) is 8.66. The lowest BCUT2D eigenvalue weighted by Gasteiger charge is -2.28. The largest absolute Gasteiger partial charge is 0.507 e. The maximum Gasteiger partial charge on any atom is 0.295 e. The van der Waals surface area contributed by atoms with Crippen molar-refractivity contribution >= 4 is 17.4 Å². The second-order valence-corrected chi connectivity index (χ2v) is 8.66. The number of aliphatic hydroxyl groups excluding tert-OH is 1. The molecule has 1 heterocycles. The number of amides is 1. The molecule has 0 bridgehead atoms. The molecule has 2 aromatic carbocycles. The van der Waals surface area contributed by atoms with Crippen molar-refractivity contribution in [2.24, 2.45) is 5.92 Å². The number of ketones is 1. The minimum absolute atomic E-state index is 0.126. The maximum atomic E-state index is 13.1. The number of rotatable bonds is 10. The SMILES string of the molecule is CCN(CC)CCN1C(=O)C(=O)/C(=C(/O)c2ccc(OCC(C)C)cc2)[C@H]1c1ccccc1. The van der Waals surface area contributed by atoms with Gasteiger partial charge in [-0.3, -0.25) is 9.59 Å². The van der Waals surface area contributed by atoms with Gasteiger partial charge in [0, 0.05) is 18.7 Å². The lowest BCUT2D eigenvalue weighted by molar-refractivity contribution is -0.140. The van der Waals surface area contributed by atoms with Gasteiger partial charge in [0.2, 0.25) is 0 Å². The molecule has 1 N–H and O–H groups in total. The summed E-state index contributed by atoms with van der Waals surface area (Å²) in [5.41, 5.74) is 1.41. The van der Waals surface area contributed by atoms with Gasteiger partial charge in [0.25, 0.3) is 11.7 Å². The molecule has 1 saturated heterocycles. The van der Waals surface area contributed by atoms with E-state index < -0.39 is 17.7 Å². The predicted octanol–water partition coefficient (Wildman–Crippen LogP) is 4.48. The first-order chi connectivity index (χ1) is 15.9. The molecule has 0 aromatic heterocycles. The molecule has 1 aliphatic rings. The molecule has 33 heavy (non-hydrogen) atoms. The molecule has 3 rings (SSSR count). The first-order valence-corrected chi connectivity index (χ1v) is 11.7. The Balaban J connectivity index is 1.98. The third-order valence-electron chi connectivity index (χ3n) is 5.92. The fourth-order valence-electron chi connectivity index (χ4n) is 4.01. The molecule has 0 radical (unpaired) electrons. The molecule has 0 unspecified atom stereocenters. The van der Waals surface area contributed by atoms with E-state index in [1.807, 2.05) is 30.3 Å². The number of carbonyl (C=O) groups excluding carboxylic acids is 2. The van der Waals surface area contributed by atoms with Crippen LogP contribution in [0.1, 0.15) is 44.9 Å². The molecule has 2 aromatic rings. The van der Waals surface area contributed by atoms with Gasteiger partial charge in [0.05, 0.1) is 18.2 Å². The Hall–Kier alpha value is -3.12. The second kappa shape index (κ2) is 11.1. The number of likely N-dealkylation sites (N-methyl/N-ethyl adjacent to an activating group) is 1. The molecule has 1 atom stereocenters. The van der Waals surface area contributed by atoms with Gasteiger partial charge in [-0.05, 0) is 48.8 Å². The predicted molar refractivity (Wildman–Crippen MR) is 130 cm³/mol. The van der Waals surface area contributed by atoms with E-state index in [2.05, 4.69) is 32.6 Å². The lowest BCUT2D eigenvalue weighted by Crippen LogP contribution is -2.38. The Bertz CT molecular complexity index is 979. The number of ether oxygens (including phenoxy) is 1. The first-order valence-electron chi connectivity index (χ1n) is 11.7. The molecule has 6 nitrogen and oxygen atoms in total. The van der Waals surface area contributed by atoms with Crippen molar-refractivity contribution in [2.75, 3.05) is 32.8 Å². The number of Topliss-reactive ketones (excluding diaryl/α,β-unsaturated/α-hetero) is 1. The Morgan fingerprint density at radius 2 is 1.67 bits per heavy atom. The Morgan fingerprint density at radius 3 is 2.24 bits per heavy atom. The molecule has 1 aliphatic heterocycles. The normalized spacial score (nSPS) is 17.9. The molecular weight excluding hydrogens is 416 g/mol. The van der Waals surface area contributed by atoms with Crippen LogP contribution >= 0.6 is 0 Å². The summed E-state index contributed by atoms with van der Waals surface area (Å²) in [6, 6.07) is 15.8. The minimum atomic E-state index is -0.652. The van der Waals surface area contributed by atoms with E-state index in [0.717, 1.165) is 18.7 Å². The number of benzene rings is 2.